The van der Waals surface area contributed by atoms with Crippen LogP contribution < -0.4 is 4.90 Å². The molecule has 1 rings (SSSR count). The van der Waals surface area contributed by atoms with Crippen LogP contribution in [0.1, 0.15) is 18.1 Å². The molecular formula is C13H19N. The second kappa shape index (κ2) is 4.85. The van der Waals surface area contributed by atoms with Crippen LogP contribution in [0.3, 0.4) is 0 Å². The van der Waals surface area contributed by atoms with Gasteiger partial charge in [0.15, 0.2) is 0 Å². The van der Waals surface area contributed by atoms with Gasteiger partial charge >= 0.3 is 0 Å². The lowest BCUT2D eigenvalue weighted by Crippen LogP contribution is -2.17. The third-order valence-electron chi connectivity index (χ3n) is 2.38. The largest absolute Gasteiger partial charge is 0.371 e. The van der Waals surface area contributed by atoms with E-state index >= 15 is 0 Å². The van der Waals surface area contributed by atoms with Gasteiger partial charge in [-0.15, -0.1) is 0 Å². The lowest BCUT2D eigenvalue weighted by Gasteiger charge is -2.19. The molecule has 76 valence electrons. The molecule has 0 spiro atoms. The van der Waals surface area contributed by atoms with E-state index in [1.165, 1.54) is 16.8 Å². The molecule has 1 heteroatoms. The maximum atomic E-state index is 2.26. The van der Waals surface area contributed by atoms with Gasteiger partial charge < -0.3 is 4.90 Å². The van der Waals surface area contributed by atoms with E-state index < -0.39 is 0 Å². The van der Waals surface area contributed by atoms with E-state index in [1.54, 1.807) is 0 Å². The molecule has 0 saturated heterocycles. The fourth-order valence-electron chi connectivity index (χ4n) is 1.60. The Balaban J connectivity index is 2.84. The Kier molecular flexibility index (Phi) is 3.75. The van der Waals surface area contributed by atoms with Gasteiger partial charge in [-0.1, -0.05) is 29.8 Å². The average molecular weight is 189 g/mol. The van der Waals surface area contributed by atoms with Crippen molar-refractivity contribution in [2.75, 3.05) is 18.5 Å². The first-order chi connectivity index (χ1) is 6.65. The maximum absolute atomic E-state index is 2.26. The summed E-state index contributed by atoms with van der Waals surface area (Å²) in [6.45, 7) is 7.31. The van der Waals surface area contributed by atoms with Crippen molar-refractivity contribution < 1.29 is 0 Å². The molecule has 0 saturated carbocycles. The van der Waals surface area contributed by atoms with Crippen molar-refractivity contribution in [1.29, 1.82) is 0 Å². The minimum absolute atomic E-state index is 0.973. The molecule has 0 aliphatic rings. The summed E-state index contributed by atoms with van der Waals surface area (Å²) in [5, 5.41) is 0. The molecule has 0 radical (unpaired) electrons. The molecule has 0 bridgehead atoms. The zero-order valence-electron chi connectivity index (χ0n) is 9.54. The molecular weight excluding hydrogens is 170 g/mol. The number of rotatable bonds is 3. The molecule has 1 aromatic rings. The number of nitrogens with zero attached hydrogens (tertiary/aromatic N) is 1. The van der Waals surface area contributed by atoms with Crippen LogP contribution in [0.2, 0.25) is 0 Å². The van der Waals surface area contributed by atoms with Crippen molar-refractivity contribution in [1.82, 2.24) is 0 Å². The molecule has 0 aliphatic carbocycles. The number of hydrogen-bond acceptors (Lipinski definition) is 1. The fraction of sp³-hybridized carbons (Fsp3) is 0.385. The molecule has 0 aromatic heterocycles. The highest BCUT2D eigenvalue weighted by Gasteiger charge is 2.01. The Labute approximate surface area is 87.1 Å². The molecule has 0 aliphatic heterocycles. The number of anilines is 1. The Morgan fingerprint density at radius 1 is 1.29 bits per heavy atom. The molecule has 0 atom stereocenters. The van der Waals surface area contributed by atoms with E-state index in [0.717, 1.165) is 6.54 Å². The van der Waals surface area contributed by atoms with Gasteiger partial charge in [0.25, 0.3) is 0 Å². The van der Waals surface area contributed by atoms with Gasteiger partial charge in [0.2, 0.25) is 0 Å². The van der Waals surface area contributed by atoms with Gasteiger partial charge in [-0.2, -0.15) is 0 Å². The summed E-state index contributed by atoms with van der Waals surface area (Å²) in [4.78, 5) is 2.26. The molecule has 1 aromatic carbocycles. The minimum atomic E-state index is 0.973. The molecule has 1 nitrogen and oxygen atoms in total. The average Bonchev–Trinajstić information content (AvgIpc) is 2.14. The van der Waals surface area contributed by atoms with Crippen molar-refractivity contribution in [2.45, 2.75) is 20.8 Å². The third kappa shape index (κ3) is 2.63. The summed E-state index contributed by atoms with van der Waals surface area (Å²) >= 11 is 0. The van der Waals surface area contributed by atoms with Crippen molar-refractivity contribution in [3.63, 3.8) is 0 Å². The van der Waals surface area contributed by atoms with Crippen LogP contribution >= 0.6 is 0 Å². The Morgan fingerprint density at radius 3 is 2.57 bits per heavy atom. The van der Waals surface area contributed by atoms with Crippen LogP contribution in [-0.4, -0.2) is 13.6 Å². The van der Waals surface area contributed by atoms with Gasteiger partial charge in [-0.05, 0) is 32.4 Å². The van der Waals surface area contributed by atoms with Crippen LogP contribution in [0.15, 0.2) is 30.4 Å². The molecule has 0 fully saturated rings. The van der Waals surface area contributed by atoms with Crippen LogP contribution in [0, 0.1) is 13.8 Å². The summed E-state index contributed by atoms with van der Waals surface area (Å²) < 4.78 is 0. The highest BCUT2D eigenvalue weighted by atomic mass is 15.1. The van der Waals surface area contributed by atoms with E-state index in [2.05, 4.69) is 63.1 Å². The zero-order valence-corrected chi connectivity index (χ0v) is 9.54. The smallest absolute Gasteiger partial charge is 0.0396 e. The SMILES string of the molecule is C/C=C/CN(C)c1ccc(C)cc1C. The lowest BCUT2D eigenvalue weighted by molar-refractivity contribution is 1.02. The predicted octanol–water partition coefficient (Wildman–Crippen LogP) is 3.32. The second-order valence-corrected chi connectivity index (χ2v) is 3.74. The van der Waals surface area contributed by atoms with Crippen molar-refractivity contribution in [3.05, 3.63) is 41.5 Å². The Morgan fingerprint density at radius 2 is 2.00 bits per heavy atom. The number of allylic oxidation sites excluding steroid dienone is 1. The first-order valence-electron chi connectivity index (χ1n) is 5.04. The quantitative estimate of drug-likeness (QED) is 0.659. The number of likely N-dealkylation sites (N-methyl/N-ethyl adjacent to an activating group) is 1. The van der Waals surface area contributed by atoms with E-state index in [0.29, 0.717) is 0 Å². The van der Waals surface area contributed by atoms with Crippen molar-refractivity contribution >= 4 is 5.69 Å². The van der Waals surface area contributed by atoms with Crippen LogP contribution in [0.4, 0.5) is 5.69 Å². The number of aryl methyl sites for hydroxylation is 2. The summed E-state index contributed by atoms with van der Waals surface area (Å²) in [6.07, 6.45) is 4.25. The van der Waals surface area contributed by atoms with Gasteiger partial charge in [-0.3, -0.25) is 0 Å². The predicted molar refractivity (Wildman–Crippen MR) is 64.0 cm³/mol. The van der Waals surface area contributed by atoms with Gasteiger partial charge in [0.05, 0.1) is 0 Å². The van der Waals surface area contributed by atoms with Crippen LogP contribution in [-0.2, 0) is 0 Å². The molecule has 14 heavy (non-hydrogen) atoms. The highest BCUT2D eigenvalue weighted by molar-refractivity contribution is 5.54. The summed E-state index contributed by atoms with van der Waals surface area (Å²) in [5.74, 6) is 0. The van der Waals surface area contributed by atoms with Crippen LogP contribution in [0.5, 0.6) is 0 Å². The van der Waals surface area contributed by atoms with Gasteiger partial charge in [0.1, 0.15) is 0 Å². The fourth-order valence-corrected chi connectivity index (χ4v) is 1.60. The maximum Gasteiger partial charge on any atom is 0.0396 e. The van der Waals surface area contributed by atoms with Crippen molar-refractivity contribution in [2.24, 2.45) is 0 Å². The first-order valence-corrected chi connectivity index (χ1v) is 5.04. The van der Waals surface area contributed by atoms with E-state index in [1.807, 2.05) is 0 Å². The van der Waals surface area contributed by atoms with Crippen molar-refractivity contribution in [3.8, 4) is 0 Å². The lowest BCUT2D eigenvalue weighted by atomic mass is 10.1. The van der Waals surface area contributed by atoms with E-state index in [-0.39, 0.29) is 0 Å². The summed E-state index contributed by atoms with van der Waals surface area (Å²) in [7, 11) is 2.12. The van der Waals surface area contributed by atoms with Gasteiger partial charge in [0, 0.05) is 19.3 Å². The van der Waals surface area contributed by atoms with E-state index in [9.17, 15) is 0 Å². The monoisotopic (exact) mass is 189 g/mol. The number of hydrogen-bond donors (Lipinski definition) is 0. The zero-order chi connectivity index (χ0) is 10.6. The Hall–Kier alpha value is -1.24. The highest BCUT2D eigenvalue weighted by Crippen LogP contribution is 2.19. The molecule has 0 unspecified atom stereocenters. The third-order valence-corrected chi connectivity index (χ3v) is 2.38. The summed E-state index contributed by atoms with van der Waals surface area (Å²) in [5.41, 5.74) is 3.98. The van der Waals surface area contributed by atoms with Gasteiger partial charge in [-0.25, -0.2) is 0 Å². The summed E-state index contributed by atoms with van der Waals surface area (Å²) in [6, 6.07) is 6.57. The molecule has 0 N–H and O–H groups in total. The minimum Gasteiger partial charge on any atom is -0.371 e. The van der Waals surface area contributed by atoms with E-state index in [4.69, 9.17) is 0 Å². The second-order valence-electron chi connectivity index (χ2n) is 3.74. The Bertz CT molecular complexity index is 326. The normalized spacial score (nSPS) is 10.9. The molecule has 0 heterocycles. The topological polar surface area (TPSA) is 3.24 Å². The van der Waals surface area contributed by atoms with Crippen LogP contribution in [0.25, 0.3) is 0 Å². The molecule has 0 amide bonds. The standard InChI is InChI=1S/C13H19N/c1-5-6-9-14(4)13-8-7-11(2)10-12(13)3/h5-8,10H,9H2,1-4H3/b6-5+. The number of benzene rings is 1. The first kappa shape index (κ1) is 10.8.